The highest BCUT2D eigenvalue weighted by atomic mass is 35.5. The van der Waals surface area contributed by atoms with Crippen LogP contribution in [0.4, 0.5) is 0 Å². The lowest BCUT2D eigenvalue weighted by Crippen LogP contribution is -2.30. The zero-order chi connectivity index (χ0) is 13.1. The maximum Gasteiger partial charge on any atom is 0.287 e. The van der Waals surface area contributed by atoms with E-state index in [1.54, 1.807) is 10.9 Å². The molecule has 8 nitrogen and oxygen atoms in total. The highest BCUT2D eigenvalue weighted by Crippen LogP contribution is 2.11. The van der Waals surface area contributed by atoms with Crippen molar-refractivity contribution in [2.45, 2.75) is 20.0 Å². The summed E-state index contributed by atoms with van der Waals surface area (Å²) in [6.07, 6.45) is 3.25. The van der Waals surface area contributed by atoms with Crippen LogP contribution in [0.5, 0.6) is 0 Å². The van der Waals surface area contributed by atoms with Gasteiger partial charge in [-0.25, -0.2) is 10.5 Å². The van der Waals surface area contributed by atoms with E-state index in [2.05, 4.69) is 15.4 Å². The van der Waals surface area contributed by atoms with Gasteiger partial charge < -0.3 is 0 Å². The van der Waals surface area contributed by atoms with Crippen LogP contribution in [0.3, 0.4) is 0 Å². The molecule has 96 valence electrons. The van der Waals surface area contributed by atoms with Crippen LogP contribution in [-0.4, -0.2) is 30.7 Å². The number of nitrogens with zero attached hydrogens (tertiary/aromatic N) is 5. The van der Waals surface area contributed by atoms with Crippen molar-refractivity contribution >= 4 is 17.5 Å². The quantitative estimate of drug-likeness (QED) is 0.452. The van der Waals surface area contributed by atoms with Gasteiger partial charge in [0, 0.05) is 6.20 Å². The molecule has 0 atom stereocenters. The maximum absolute atomic E-state index is 11.2. The molecular formula is C9H12ClN7O. The van der Waals surface area contributed by atoms with E-state index in [4.69, 9.17) is 17.4 Å². The van der Waals surface area contributed by atoms with Gasteiger partial charge in [0.25, 0.3) is 5.91 Å². The van der Waals surface area contributed by atoms with Crippen LogP contribution in [-0.2, 0) is 13.1 Å². The molecule has 2 aromatic rings. The minimum atomic E-state index is -0.473. The molecule has 0 aliphatic rings. The first-order valence-corrected chi connectivity index (χ1v) is 5.58. The van der Waals surface area contributed by atoms with Crippen LogP contribution >= 0.6 is 11.6 Å². The number of amides is 1. The van der Waals surface area contributed by atoms with Crippen LogP contribution in [0.2, 0.25) is 5.02 Å². The second-order valence-electron chi connectivity index (χ2n) is 3.67. The number of aryl methyl sites for hydroxylation is 3. The Kier molecular flexibility index (Phi) is 3.58. The molecule has 0 aliphatic carbocycles. The van der Waals surface area contributed by atoms with Gasteiger partial charge in [0.15, 0.2) is 5.69 Å². The minimum Gasteiger partial charge on any atom is -0.289 e. The lowest BCUT2D eigenvalue weighted by atomic mass is 10.4. The molecule has 0 bridgehead atoms. The van der Waals surface area contributed by atoms with E-state index in [9.17, 15) is 4.79 Å². The lowest BCUT2D eigenvalue weighted by Gasteiger charge is -2.00. The Morgan fingerprint density at radius 3 is 2.78 bits per heavy atom. The fraction of sp³-hybridized carbons (Fsp3) is 0.333. The van der Waals surface area contributed by atoms with Gasteiger partial charge >= 0.3 is 0 Å². The Morgan fingerprint density at radius 2 is 2.17 bits per heavy atom. The molecule has 0 saturated heterocycles. The van der Waals surface area contributed by atoms with E-state index in [0.29, 0.717) is 18.1 Å². The van der Waals surface area contributed by atoms with Gasteiger partial charge in [-0.1, -0.05) is 16.8 Å². The van der Waals surface area contributed by atoms with Gasteiger partial charge in [0.2, 0.25) is 0 Å². The van der Waals surface area contributed by atoms with E-state index in [0.717, 1.165) is 5.69 Å². The van der Waals surface area contributed by atoms with Crippen LogP contribution in [0, 0.1) is 6.92 Å². The van der Waals surface area contributed by atoms with E-state index in [1.807, 2.05) is 12.3 Å². The molecule has 9 heteroatoms. The standard InChI is InChI=1S/C9H12ClN7O/c1-6-7(10)4-16(14-6)2-3-17-5-8(13-15-17)9(18)12-11/h4-5H,2-3,11H2,1H3,(H,12,18). The summed E-state index contributed by atoms with van der Waals surface area (Å²) in [5, 5.41) is 12.3. The molecule has 0 unspecified atom stereocenters. The van der Waals surface area contributed by atoms with Crippen LogP contribution in [0.15, 0.2) is 12.4 Å². The summed E-state index contributed by atoms with van der Waals surface area (Å²) in [7, 11) is 0. The summed E-state index contributed by atoms with van der Waals surface area (Å²) in [5.41, 5.74) is 2.94. The van der Waals surface area contributed by atoms with Gasteiger partial charge in [-0.3, -0.25) is 14.9 Å². The highest BCUT2D eigenvalue weighted by Gasteiger charge is 2.09. The number of hydrogen-bond acceptors (Lipinski definition) is 5. The molecule has 3 N–H and O–H groups in total. The molecule has 0 aromatic carbocycles. The summed E-state index contributed by atoms with van der Waals surface area (Å²) in [6.45, 7) is 2.95. The number of nitrogens with two attached hydrogens (primary N) is 1. The largest absolute Gasteiger partial charge is 0.289 e. The van der Waals surface area contributed by atoms with E-state index >= 15 is 0 Å². The summed E-state index contributed by atoms with van der Waals surface area (Å²) >= 11 is 5.89. The Hall–Kier alpha value is -1.93. The molecule has 0 radical (unpaired) electrons. The van der Waals surface area contributed by atoms with E-state index in [1.165, 1.54) is 10.9 Å². The van der Waals surface area contributed by atoms with Crippen molar-refractivity contribution in [1.82, 2.24) is 30.2 Å². The Bertz CT molecular complexity index is 542. The highest BCUT2D eigenvalue weighted by molar-refractivity contribution is 6.31. The molecule has 0 spiro atoms. The second-order valence-corrected chi connectivity index (χ2v) is 4.07. The zero-order valence-electron chi connectivity index (χ0n) is 9.67. The number of halogens is 1. The van der Waals surface area contributed by atoms with Gasteiger partial charge in [-0.15, -0.1) is 5.10 Å². The van der Waals surface area contributed by atoms with Crippen molar-refractivity contribution in [2.24, 2.45) is 5.84 Å². The van der Waals surface area contributed by atoms with Crippen molar-refractivity contribution in [2.75, 3.05) is 0 Å². The predicted molar refractivity (Wildman–Crippen MR) is 63.6 cm³/mol. The first-order valence-electron chi connectivity index (χ1n) is 5.21. The van der Waals surface area contributed by atoms with Gasteiger partial charge in [0.1, 0.15) is 0 Å². The SMILES string of the molecule is Cc1nn(CCn2cc(C(=O)NN)nn2)cc1Cl. The van der Waals surface area contributed by atoms with Gasteiger partial charge in [-0.05, 0) is 6.92 Å². The smallest absolute Gasteiger partial charge is 0.287 e. The molecular weight excluding hydrogens is 258 g/mol. The number of rotatable bonds is 4. The van der Waals surface area contributed by atoms with E-state index in [-0.39, 0.29) is 5.69 Å². The number of aromatic nitrogens is 5. The zero-order valence-corrected chi connectivity index (χ0v) is 10.4. The van der Waals surface area contributed by atoms with Crippen molar-refractivity contribution in [3.8, 4) is 0 Å². The maximum atomic E-state index is 11.2. The summed E-state index contributed by atoms with van der Waals surface area (Å²) in [5.74, 6) is 4.52. The number of nitrogen functional groups attached to an aromatic ring is 1. The minimum absolute atomic E-state index is 0.173. The Labute approximate surface area is 108 Å². The third-order valence-electron chi connectivity index (χ3n) is 2.35. The summed E-state index contributed by atoms with van der Waals surface area (Å²) in [6, 6.07) is 0. The Morgan fingerprint density at radius 1 is 1.44 bits per heavy atom. The molecule has 0 fully saturated rings. The topological polar surface area (TPSA) is 104 Å². The van der Waals surface area contributed by atoms with Crippen LogP contribution in [0.1, 0.15) is 16.2 Å². The number of hydrazine groups is 1. The predicted octanol–water partition coefficient (Wildman–Crippen LogP) is -0.260. The monoisotopic (exact) mass is 269 g/mol. The normalized spacial score (nSPS) is 10.6. The van der Waals surface area contributed by atoms with Crippen molar-refractivity contribution < 1.29 is 4.79 Å². The lowest BCUT2D eigenvalue weighted by molar-refractivity contribution is 0.0948. The summed E-state index contributed by atoms with van der Waals surface area (Å²) in [4.78, 5) is 11.2. The van der Waals surface area contributed by atoms with Crippen molar-refractivity contribution in [1.29, 1.82) is 0 Å². The third-order valence-corrected chi connectivity index (χ3v) is 2.72. The second kappa shape index (κ2) is 5.15. The number of carbonyl (C=O) groups excluding carboxylic acids is 1. The number of carbonyl (C=O) groups is 1. The average molecular weight is 270 g/mol. The fourth-order valence-corrected chi connectivity index (χ4v) is 1.55. The van der Waals surface area contributed by atoms with E-state index < -0.39 is 5.91 Å². The van der Waals surface area contributed by atoms with Crippen LogP contribution < -0.4 is 11.3 Å². The number of hydrogen-bond donors (Lipinski definition) is 2. The molecule has 2 rings (SSSR count). The average Bonchev–Trinajstić information content (AvgIpc) is 2.94. The molecule has 1 amide bonds. The molecule has 18 heavy (non-hydrogen) atoms. The first kappa shape index (κ1) is 12.5. The molecule has 2 heterocycles. The Balaban J connectivity index is 1.98. The number of nitrogens with one attached hydrogen (secondary N) is 1. The van der Waals surface area contributed by atoms with Crippen molar-refractivity contribution in [3.63, 3.8) is 0 Å². The van der Waals surface area contributed by atoms with Crippen molar-refractivity contribution in [3.05, 3.63) is 28.8 Å². The molecule has 0 aliphatic heterocycles. The van der Waals surface area contributed by atoms with Gasteiger partial charge in [-0.2, -0.15) is 5.10 Å². The third kappa shape index (κ3) is 2.66. The van der Waals surface area contributed by atoms with Gasteiger partial charge in [0.05, 0.1) is 30.0 Å². The fourth-order valence-electron chi connectivity index (χ4n) is 1.40. The van der Waals surface area contributed by atoms with Crippen LogP contribution in [0.25, 0.3) is 0 Å². The molecule has 0 saturated carbocycles. The summed E-state index contributed by atoms with van der Waals surface area (Å²) < 4.78 is 3.25. The first-order chi connectivity index (χ1) is 8.60. The molecule has 2 aromatic heterocycles.